The molecular formula is C11H7BrN2O3. The number of carboxylic acids is 1. The number of nitrogens with zero attached hydrogens (tertiary/aromatic N) is 2. The van der Waals surface area contributed by atoms with Crippen LogP contribution in [0.2, 0.25) is 0 Å². The number of carboxylic acid groups (broad SMARTS) is 1. The molecular weight excluding hydrogens is 288 g/mol. The number of aromatic carboxylic acids is 1. The molecule has 1 heterocycles. The fourth-order valence-corrected chi connectivity index (χ4v) is 1.69. The van der Waals surface area contributed by atoms with Gasteiger partial charge in [-0.2, -0.15) is 0 Å². The monoisotopic (exact) mass is 294 g/mol. The Bertz CT molecular complexity index is 546. The molecule has 0 aliphatic heterocycles. The molecule has 0 bridgehead atoms. The second-order valence-electron chi connectivity index (χ2n) is 3.16. The first-order valence-corrected chi connectivity index (χ1v) is 5.41. The zero-order chi connectivity index (χ0) is 12.3. The zero-order valence-corrected chi connectivity index (χ0v) is 10.1. The molecule has 1 aromatic heterocycles. The van der Waals surface area contributed by atoms with Crippen LogP contribution in [0.25, 0.3) is 0 Å². The molecule has 0 aliphatic carbocycles. The Hall–Kier alpha value is -1.95. The normalized spacial score (nSPS) is 9.94. The molecule has 17 heavy (non-hydrogen) atoms. The van der Waals surface area contributed by atoms with E-state index in [1.807, 2.05) is 0 Å². The molecule has 0 aliphatic rings. The first kappa shape index (κ1) is 11.5. The summed E-state index contributed by atoms with van der Waals surface area (Å²) in [5.41, 5.74) is 0.145. The predicted molar refractivity (Wildman–Crippen MR) is 63.2 cm³/mol. The molecule has 2 rings (SSSR count). The minimum atomic E-state index is -1.01. The van der Waals surface area contributed by atoms with Crippen molar-refractivity contribution in [3.8, 4) is 11.5 Å². The van der Waals surface area contributed by atoms with Gasteiger partial charge in [-0.25, -0.2) is 14.8 Å². The smallest absolute Gasteiger partial charge is 0.335 e. The second-order valence-corrected chi connectivity index (χ2v) is 4.07. The Morgan fingerprint density at radius 3 is 2.53 bits per heavy atom. The van der Waals surface area contributed by atoms with Gasteiger partial charge in [-0.3, -0.25) is 0 Å². The van der Waals surface area contributed by atoms with Gasteiger partial charge in [-0.15, -0.1) is 0 Å². The van der Waals surface area contributed by atoms with Crippen LogP contribution in [0.1, 0.15) is 10.4 Å². The van der Waals surface area contributed by atoms with Gasteiger partial charge < -0.3 is 9.84 Å². The standard InChI is InChI=1S/C11H7BrN2O3/c12-8-1-7(11(15)16)2-9(3-8)17-10-4-13-6-14-5-10/h1-6H,(H,15,16). The molecule has 0 radical (unpaired) electrons. The summed E-state index contributed by atoms with van der Waals surface area (Å²) >= 11 is 3.22. The summed E-state index contributed by atoms with van der Waals surface area (Å²) in [6.07, 6.45) is 4.37. The maximum atomic E-state index is 10.9. The third-order valence-corrected chi connectivity index (χ3v) is 2.35. The van der Waals surface area contributed by atoms with Crippen molar-refractivity contribution in [3.63, 3.8) is 0 Å². The second kappa shape index (κ2) is 4.92. The average Bonchev–Trinajstić information content (AvgIpc) is 2.29. The van der Waals surface area contributed by atoms with Gasteiger partial charge in [0.1, 0.15) is 12.1 Å². The number of ether oxygens (including phenoxy) is 1. The molecule has 6 heteroatoms. The maximum absolute atomic E-state index is 10.9. The lowest BCUT2D eigenvalue weighted by Gasteiger charge is -2.06. The number of hydrogen-bond acceptors (Lipinski definition) is 4. The predicted octanol–water partition coefficient (Wildman–Crippen LogP) is 2.73. The SMILES string of the molecule is O=C(O)c1cc(Br)cc(Oc2cncnc2)c1. The highest BCUT2D eigenvalue weighted by atomic mass is 79.9. The van der Waals surface area contributed by atoms with E-state index in [2.05, 4.69) is 25.9 Å². The van der Waals surface area contributed by atoms with E-state index in [-0.39, 0.29) is 5.56 Å². The third-order valence-electron chi connectivity index (χ3n) is 1.89. The van der Waals surface area contributed by atoms with Crippen molar-refractivity contribution in [1.82, 2.24) is 9.97 Å². The number of hydrogen-bond donors (Lipinski definition) is 1. The van der Waals surface area contributed by atoms with Gasteiger partial charge >= 0.3 is 5.97 Å². The van der Waals surface area contributed by atoms with Crippen LogP contribution >= 0.6 is 15.9 Å². The fourth-order valence-electron chi connectivity index (χ4n) is 1.22. The lowest BCUT2D eigenvalue weighted by Crippen LogP contribution is -1.97. The van der Waals surface area contributed by atoms with Crippen molar-refractivity contribution in [1.29, 1.82) is 0 Å². The molecule has 0 atom stereocenters. The zero-order valence-electron chi connectivity index (χ0n) is 8.50. The molecule has 5 nitrogen and oxygen atoms in total. The van der Waals surface area contributed by atoms with Gasteiger partial charge in [0.2, 0.25) is 0 Å². The molecule has 86 valence electrons. The Labute approximate surface area is 105 Å². The summed E-state index contributed by atoms with van der Waals surface area (Å²) < 4.78 is 6.06. The number of benzene rings is 1. The van der Waals surface area contributed by atoms with E-state index in [0.717, 1.165) is 0 Å². The molecule has 1 N–H and O–H groups in total. The largest absolute Gasteiger partial charge is 0.478 e. The van der Waals surface area contributed by atoms with Crippen LogP contribution in [0.3, 0.4) is 0 Å². The van der Waals surface area contributed by atoms with Crippen LogP contribution in [0.5, 0.6) is 11.5 Å². The van der Waals surface area contributed by atoms with Crippen LogP contribution in [0.15, 0.2) is 41.4 Å². The first-order chi connectivity index (χ1) is 8.15. The number of halogens is 1. The molecule has 0 unspecified atom stereocenters. The summed E-state index contributed by atoms with van der Waals surface area (Å²) in [5, 5.41) is 8.90. The Morgan fingerprint density at radius 2 is 1.88 bits per heavy atom. The molecule has 0 amide bonds. The fraction of sp³-hybridized carbons (Fsp3) is 0. The van der Waals surface area contributed by atoms with Crippen LogP contribution in [-0.4, -0.2) is 21.0 Å². The minimum Gasteiger partial charge on any atom is -0.478 e. The highest BCUT2D eigenvalue weighted by Crippen LogP contribution is 2.25. The van der Waals surface area contributed by atoms with Gasteiger partial charge in [0.25, 0.3) is 0 Å². The topological polar surface area (TPSA) is 72.3 Å². The molecule has 2 aromatic rings. The molecule has 0 fully saturated rings. The Morgan fingerprint density at radius 1 is 1.18 bits per heavy atom. The third kappa shape index (κ3) is 3.01. The Balaban J connectivity index is 2.30. The van der Waals surface area contributed by atoms with Crippen molar-refractivity contribution < 1.29 is 14.6 Å². The van der Waals surface area contributed by atoms with Gasteiger partial charge in [-0.05, 0) is 18.2 Å². The number of rotatable bonds is 3. The van der Waals surface area contributed by atoms with E-state index in [0.29, 0.717) is 16.0 Å². The van der Waals surface area contributed by atoms with E-state index in [4.69, 9.17) is 9.84 Å². The lowest BCUT2D eigenvalue weighted by molar-refractivity contribution is 0.0696. The Kier molecular flexibility index (Phi) is 3.34. The highest BCUT2D eigenvalue weighted by Gasteiger charge is 2.07. The van der Waals surface area contributed by atoms with Crippen LogP contribution in [0.4, 0.5) is 0 Å². The summed E-state index contributed by atoms with van der Waals surface area (Å²) in [5.74, 6) is -0.158. The van der Waals surface area contributed by atoms with Crippen molar-refractivity contribution in [2.45, 2.75) is 0 Å². The summed E-state index contributed by atoms with van der Waals surface area (Å²) in [7, 11) is 0. The van der Waals surface area contributed by atoms with Gasteiger partial charge in [0.15, 0.2) is 5.75 Å². The van der Waals surface area contributed by atoms with Crippen molar-refractivity contribution in [2.24, 2.45) is 0 Å². The quantitative estimate of drug-likeness (QED) is 0.942. The summed E-state index contributed by atoms with van der Waals surface area (Å²) in [4.78, 5) is 18.5. The van der Waals surface area contributed by atoms with E-state index < -0.39 is 5.97 Å². The van der Waals surface area contributed by atoms with Crippen LogP contribution in [-0.2, 0) is 0 Å². The average molecular weight is 295 g/mol. The highest BCUT2D eigenvalue weighted by molar-refractivity contribution is 9.10. The van der Waals surface area contributed by atoms with Crippen molar-refractivity contribution in [3.05, 3.63) is 47.0 Å². The molecule has 0 spiro atoms. The van der Waals surface area contributed by atoms with E-state index in [1.54, 1.807) is 6.07 Å². The maximum Gasteiger partial charge on any atom is 0.335 e. The summed E-state index contributed by atoms with van der Waals surface area (Å²) in [6, 6.07) is 4.59. The molecule has 0 saturated carbocycles. The van der Waals surface area contributed by atoms with Crippen molar-refractivity contribution >= 4 is 21.9 Å². The van der Waals surface area contributed by atoms with Gasteiger partial charge in [-0.1, -0.05) is 15.9 Å². The lowest BCUT2D eigenvalue weighted by atomic mass is 10.2. The number of carbonyl (C=O) groups is 1. The number of aromatic nitrogens is 2. The minimum absolute atomic E-state index is 0.145. The van der Waals surface area contributed by atoms with Crippen molar-refractivity contribution in [2.75, 3.05) is 0 Å². The van der Waals surface area contributed by atoms with E-state index >= 15 is 0 Å². The van der Waals surface area contributed by atoms with E-state index in [9.17, 15) is 4.79 Å². The summed E-state index contributed by atoms with van der Waals surface area (Å²) in [6.45, 7) is 0. The van der Waals surface area contributed by atoms with Crippen LogP contribution < -0.4 is 4.74 Å². The molecule has 0 saturated heterocycles. The van der Waals surface area contributed by atoms with Crippen LogP contribution in [0, 0.1) is 0 Å². The first-order valence-electron chi connectivity index (χ1n) is 4.62. The molecule has 1 aromatic carbocycles. The van der Waals surface area contributed by atoms with Gasteiger partial charge in [0.05, 0.1) is 18.0 Å². The van der Waals surface area contributed by atoms with E-state index in [1.165, 1.54) is 30.9 Å². The van der Waals surface area contributed by atoms with Gasteiger partial charge in [0, 0.05) is 4.47 Å².